The second kappa shape index (κ2) is 7.41. The molecule has 120 valence electrons. The molecule has 0 radical (unpaired) electrons. The maximum absolute atomic E-state index is 11.0. The summed E-state index contributed by atoms with van der Waals surface area (Å²) in [6, 6.07) is 11.5. The summed E-state index contributed by atoms with van der Waals surface area (Å²) in [5.41, 5.74) is 0.891. The number of para-hydroxylation sites is 2. The first kappa shape index (κ1) is 16.5. The van der Waals surface area contributed by atoms with Crippen molar-refractivity contribution in [2.24, 2.45) is 0 Å². The molecule has 0 fully saturated rings. The van der Waals surface area contributed by atoms with Crippen LogP contribution in [-0.4, -0.2) is 24.3 Å². The fourth-order valence-corrected chi connectivity index (χ4v) is 2.13. The lowest BCUT2D eigenvalue weighted by atomic mass is 10.2. The van der Waals surface area contributed by atoms with Gasteiger partial charge in [0, 0.05) is 30.0 Å². The molecule has 0 saturated carbocycles. The minimum absolute atomic E-state index is 0.0557. The molecule has 0 aliphatic rings. The maximum atomic E-state index is 11.0. The van der Waals surface area contributed by atoms with Gasteiger partial charge in [0.05, 0.1) is 19.1 Å². The molecule has 2 aromatic rings. The van der Waals surface area contributed by atoms with Gasteiger partial charge in [-0.05, 0) is 18.3 Å². The summed E-state index contributed by atoms with van der Waals surface area (Å²) >= 11 is 5.20. The number of nitrogens with zero attached hydrogens (tertiary/aromatic N) is 1. The molecule has 0 aliphatic heterocycles. The number of nitro groups is 1. The van der Waals surface area contributed by atoms with Gasteiger partial charge in [-0.15, -0.1) is 0 Å². The van der Waals surface area contributed by atoms with Crippen molar-refractivity contribution in [2.45, 2.75) is 0 Å². The van der Waals surface area contributed by atoms with Crippen molar-refractivity contribution in [3.63, 3.8) is 0 Å². The lowest BCUT2D eigenvalue weighted by Gasteiger charge is -2.13. The molecular weight excluding hydrogens is 318 g/mol. The Labute approximate surface area is 138 Å². The Kier molecular flexibility index (Phi) is 5.32. The lowest BCUT2D eigenvalue weighted by Crippen LogP contribution is -2.19. The van der Waals surface area contributed by atoms with E-state index in [2.05, 4.69) is 10.6 Å². The maximum Gasteiger partial charge on any atom is 0.292 e. The fourth-order valence-electron chi connectivity index (χ4n) is 1.90. The zero-order chi connectivity index (χ0) is 16.8. The number of methoxy groups -OCH3 is 2. The summed E-state index contributed by atoms with van der Waals surface area (Å²) in [5, 5.41) is 17.0. The highest BCUT2D eigenvalue weighted by atomic mass is 32.1. The second-order valence-electron chi connectivity index (χ2n) is 4.45. The summed E-state index contributed by atoms with van der Waals surface area (Å²) < 4.78 is 10.3. The third-order valence-corrected chi connectivity index (χ3v) is 3.16. The van der Waals surface area contributed by atoms with E-state index >= 15 is 0 Å². The van der Waals surface area contributed by atoms with Crippen molar-refractivity contribution >= 4 is 34.4 Å². The Morgan fingerprint density at radius 2 is 1.70 bits per heavy atom. The zero-order valence-electron chi connectivity index (χ0n) is 12.5. The van der Waals surface area contributed by atoms with E-state index in [0.717, 1.165) is 0 Å². The van der Waals surface area contributed by atoms with Crippen molar-refractivity contribution in [2.75, 3.05) is 24.9 Å². The predicted molar refractivity (Wildman–Crippen MR) is 92.5 cm³/mol. The first-order valence-electron chi connectivity index (χ1n) is 6.58. The van der Waals surface area contributed by atoms with Crippen LogP contribution in [0.2, 0.25) is 0 Å². The Morgan fingerprint density at radius 1 is 1.09 bits per heavy atom. The van der Waals surface area contributed by atoms with Gasteiger partial charge in [-0.3, -0.25) is 10.1 Å². The van der Waals surface area contributed by atoms with E-state index in [0.29, 0.717) is 22.9 Å². The average molecular weight is 333 g/mol. The van der Waals surface area contributed by atoms with Gasteiger partial charge in [-0.25, -0.2) is 0 Å². The van der Waals surface area contributed by atoms with Crippen LogP contribution in [0.1, 0.15) is 0 Å². The summed E-state index contributed by atoms with van der Waals surface area (Å²) in [5.74, 6) is 1.20. The van der Waals surface area contributed by atoms with E-state index in [-0.39, 0.29) is 10.8 Å². The van der Waals surface area contributed by atoms with Crippen LogP contribution in [-0.2, 0) is 0 Å². The van der Waals surface area contributed by atoms with E-state index < -0.39 is 4.92 Å². The van der Waals surface area contributed by atoms with Crippen molar-refractivity contribution in [3.8, 4) is 11.5 Å². The third-order valence-electron chi connectivity index (χ3n) is 2.96. The van der Waals surface area contributed by atoms with Gasteiger partial charge in [0.1, 0.15) is 17.2 Å². The molecule has 0 bridgehead atoms. The predicted octanol–water partition coefficient (Wildman–Crippen LogP) is 3.42. The zero-order valence-corrected chi connectivity index (χ0v) is 13.3. The monoisotopic (exact) mass is 333 g/mol. The van der Waals surface area contributed by atoms with Crippen molar-refractivity contribution in [1.29, 1.82) is 0 Å². The SMILES string of the molecule is COc1cc(NC(=S)Nc2ccccc2[N+](=O)[O-])cc(OC)c1. The van der Waals surface area contributed by atoms with Gasteiger partial charge in [-0.2, -0.15) is 0 Å². The molecule has 0 aromatic heterocycles. The average Bonchev–Trinajstić information content (AvgIpc) is 2.54. The number of nitrogens with one attached hydrogen (secondary N) is 2. The first-order valence-corrected chi connectivity index (χ1v) is 6.99. The lowest BCUT2D eigenvalue weighted by molar-refractivity contribution is -0.383. The minimum Gasteiger partial charge on any atom is -0.497 e. The van der Waals surface area contributed by atoms with E-state index in [1.165, 1.54) is 6.07 Å². The molecular formula is C15H15N3O4S. The van der Waals surface area contributed by atoms with E-state index in [1.54, 1.807) is 50.6 Å². The molecule has 7 nitrogen and oxygen atoms in total. The van der Waals surface area contributed by atoms with Crippen molar-refractivity contribution in [1.82, 2.24) is 0 Å². The molecule has 2 aromatic carbocycles. The smallest absolute Gasteiger partial charge is 0.292 e. The van der Waals surface area contributed by atoms with Gasteiger partial charge >= 0.3 is 0 Å². The number of benzene rings is 2. The largest absolute Gasteiger partial charge is 0.497 e. The van der Waals surface area contributed by atoms with E-state index in [9.17, 15) is 10.1 Å². The molecule has 0 spiro atoms. The van der Waals surface area contributed by atoms with Crippen LogP contribution in [0, 0.1) is 10.1 Å². The Hall–Kier alpha value is -2.87. The van der Waals surface area contributed by atoms with Crippen LogP contribution < -0.4 is 20.1 Å². The molecule has 0 unspecified atom stereocenters. The number of anilines is 2. The standard InChI is InChI=1S/C15H15N3O4S/c1-21-11-7-10(8-12(9-11)22-2)16-15(23)17-13-5-3-4-6-14(13)18(19)20/h3-9H,1-2H3,(H2,16,17,23). The van der Waals surface area contributed by atoms with Gasteiger partial charge in [-0.1, -0.05) is 12.1 Å². The molecule has 0 amide bonds. The van der Waals surface area contributed by atoms with E-state index in [4.69, 9.17) is 21.7 Å². The van der Waals surface area contributed by atoms with Crippen LogP contribution in [0.3, 0.4) is 0 Å². The molecule has 8 heteroatoms. The summed E-state index contributed by atoms with van der Waals surface area (Å²) in [6.07, 6.45) is 0. The van der Waals surface area contributed by atoms with Crippen molar-refractivity contribution in [3.05, 3.63) is 52.6 Å². The number of thiocarbonyl (C=S) groups is 1. The van der Waals surface area contributed by atoms with Crippen LogP contribution in [0.25, 0.3) is 0 Å². The Balaban J connectivity index is 2.16. The van der Waals surface area contributed by atoms with Crippen LogP contribution in [0.5, 0.6) is 11.5 Å². The molecule has 2 rings (SSSR count). The number of rotatable bonds is 5. The highest BCUT2D eigenvalue weighted by Crippen LogP contribution is 2.27. The van der Waals surface area contributed by atoms with Crippen LogP contribution in [0.15, 0.2) is 42.5 Å². The van der Waals surface area contributed by atoms with Crippen molar-refractivity contribution < 1.29 is 14.4 Å². The summed E-state index contributed by atoms with van der Waals surface area (Å²) in [7, 11) is 3.09. The van der Waals surface area contributed by atoms with Gasteiger partial charge in [0.15, 0.2) is 5.11 Å². The van der Waals surface area contributed by atoms with Gasteiger partial charge < -0.3 is 20.1 Å². The first-order chi connectivity index (χ1) is 11.0. The van der Waals surface area contributed by atoms with E-state index in [1.807, 2.05) is 0 Å². The minimum atomic E-state index is -0.473. The Morgan fingerprint density at radius 3 is 2.26 bits per heavy atom. The van der Waals surface area contributed by atoms with Crippen LogP contribution >= 0.6 is 12.2 Å². The molecule has 0 atom stereocenters. The van der Waals surface area contributed by atoms with Gasteiger partial charge in [0.2, 0.25) is 0 Å². The highest BCUT2D eigenvalue weighted by molar-refractivity contribution is 7.80. The molecule has 0 aliphatic carbocycles. The molecule has 2 N–H and O–H groups in total. The second-order valence-corrected chi connectivity index (χ2v) is 4.86. The molecule has 23 heavy (non-hydrogen) atoms. The van der Waals surface area contributed by atoms with Gasteiger partial charge in [0.25, 0.3) is 5.69 Å². The fraction of sp³-hybridized carbons (Fsp3) is 0.133. The topological polar surface area (TPSA) is 85.7 Å². The Bertz CT molecular complexity index is 714. The number of hydrogen-bond donors (Lipinski definition) is 2. The number of ether oxygens (including phenoxy) is 2. The highest BCUT2D eigenvalue weighted by Gasteiger charge is 2.13. The summed E-state index contributed by atoms with van der Waals surface area (Å²) in [6.45, 7) is 0. The summed E-state index contributed by atoms with van der Waals surface area (Å²) in [4.78, 5) is 10.5. The number of hydrogen-bond acceptors (Lipinski definition) is 5. The third kappa shape index (κ3) is 4.30. The quantitative estimate of drug-likeness (QED) is 0.492. The molecule has 0 saturated heterocycles. The number of nitro benzene ring substituents is 1. The molecule has 0 heterocycles. The normalized spacial score (nSPS) is 9.83. The van der Waals surface area contributed by atoms with Crippen LogP contribution in [0.4, 0.5) is 17.1 Å².